The smallest absolute Gasteiger partial charge is 0.225 e. The highest BCUT2D eigenvalue weighted by atomic mass is 16.5. The van der Waals surface area contributed by atoms with E-state index in [0.717, 1.165) is 42.8 Å². The number of hydrogen-bond donors (Lipinski definition) is 1. The van der Waals surface area contributed by atoms with Crippen LogP contribution in [-0.4, -0.2) is 36.8 Å². The molecule has 6 heteroatoms. The zero-order valence-corrected chi connectivity index (χ0v) is 17.4. The summed E-state index contributed by atoms with van der Waals surface area (Å²) in [5.41, 5.74) is 3.82. The van der Waals surface area contributed by atoms with Crippen LogP contribution in [0.25, 0.3) is 0 Å². The number of rotatable bonds is 6. The van der Waals surface area contributed by atoms with E-state index in [1.54, 1.807) is 14.2 Å². The van der Waals surface area contributed by atoms with E-state index in [4.69, 9.17) is 19.4 Å². The molecule has 2 fully saturated rings. The number of fused-ring (bicyclic) bond motifs is 1. The van der Waals surface area contributed by atoms with E-state index in [1.165, 1.54) is 55.3 Å². The molecular weight excluding hydrogens is 364 g/mol. The summed E-state index contributed by atoms with van der Waals surface area (Å²) in [5.74, 6) is 4.07. The minimum Gasteiger partial charge on any atom is -0.493 e. The number of methoxy groups -OCH3 is 2. The molecule has 0 bridgehead atoms. The standard InChI is InChI=1S/C23H30N4O2/c1-28-20-11-16-9-10-27(14-17(16)12-21(20)29-2)22-13-19(15-7-8-15)25-23(26-22)24-18-5-3-4-6-18/h11-13,15,18H,3-10,14H2,1-2H3,(H,24,25,26). The molecule has 2 saturated carbocycles. The fourth-order valence-electron chi connectivity index (χ4n) is 4.60. The van der Waals surface area contributed by atoms with Gasteiger partial charge in [0.1, 0.15) is 5.82 Å². The summed E-state index contributed by atoms with van der Waals surface area (Å²) in [6, 6.07) is 6.97. The molecule has 1 N–H and O–H groups in total. The van der Waals surface area contributed by atoms with Crippen LogP contribution < -0.4 is 19.7 Å². The summed E-state index contributed by atoms with van der Waals surface area (Å²) in [6.07, 6.45) is 8.54. The lowest BCUT2D eigenvalue weighted by Crippen LogP contribution is -2.31. The van der Waals surface area contributed by atoms with Crippen molar-refractivity contribution in [2.45, 2.75) is 63.5 Å². The lowest BCUT2D eigenvalue weighted by molar-refractivity contribution is 0.353. The number of aromatic nitrogens is 2. The summed E-state index contributed by atoms with van der Waals surface area (Å²) < 4.78 is 11.0. The van der Waals surface area contributed by atoms with E-state index in [0.29, 0.717) is 12.0 Å². The topological polar surface area (TPSA) is 59.5 Å². The third kappa shape index (κ3) is 3.85. The second-order valence-corrected chi connectivity index (χ2v) is 8.52. The maximum atomic E-state index is 5.52. The van der Waals surface area contributed by atoms with Crippen molar-refractivity contribution in [3.63, 3.8) is 0 Å². The molecule has 0 radical (unpaired) electrons. The first-order valence-corrected chi connectivity index (χ1v) is 10.9. The Morgan fingerprint density at radius 2 is 1.66 bits per heavy atom. The molecule has 0 unspecified atom stereocenters. The normalized spacial score (nSPS) is 19.2. The van der Waals surface area contributed by atoms with Gasteiger partial charge in [0, 0.05) is 31.1 Å². The van der Waals surface area contributed by atoms with Crippen LogP contribution in [0.3, 0.4) is 0 Å². The van der Waals surface area contributed by atoms with E-state index < -0.39 is 0 Å². The van der Waals surface area contributed by atoms with Crippen molar-refractivity contribution >= 4 is 11.8 Å². The largest absolute Gasteiger partial charge is 0.493 e. The average Bonchev–Trinajstić information content (AvgIpc) is 3.49. The Labute approximate surface area is 172 Å². The first kappa shape index (κ1) is 18.5. The van der Waals surface area contributed by atoms with Gasteiger partial charge in [-0.05, 0) is 55.4 Å². The first-order valence-electron chi connectivity index (χ1n) is 10.9. The van der Waals surface area contributed by atoms with Crippen molar-refractivity contribution in [2.75, 3.05) is 31.0 Å². The Balaban J connectivity index is 1.42. The highest BCUT2D eigenvalue weighted by Gasteiger charge is 2.28. The van der Waals surface area contributed by atoms with Crippen LogP contribution >= 0.6 is 0 Å². The Morgan fingerprint density at radius 1 is 0.931 bits per heavy atom. The van der Waals surface area contributed by atoms with Gasteiger partial charge >= 0.3 is 0 Å². The third-order valence-corrected chi connectivity index (χ3v) is 6.46. The lowest BCUT2D eigenvalue weighted by Gasteiger charge is -2.31. The molecule has 1 aromatic heterocycles. The van der Waals surface area contributed by atoms with Crippen LogP contribution in [0.15, 0.2) is 18.2 Å². The zero-order chi connectivity index (χ0) is 19.8. The summed E-state index contributed by atoms with van der Waals surface area (Å²) in [4.78, 5) is 12.2. The van der Waals surface area contributed by atoms with Gasteiger partial charge < -0.3 is 19.7 Å². The van der Waals surface area contributed by atoms with E-state index in [9.17, 15) is 0 Å². The SMILES string of the molecule is COc1cc2c(cc1OC)CN(c1cc(C3CC3)nc(NC3CCCC3)n1)CC2. The number of nitrogens with one attached hydrogen (secondary N) is 1. The van der Waals surface area contributed by atoms with Crippen LogP contribution in [-0.2, 0) is 13.0 Å². The Morgan fingerprint density at radius 3 is 2.34 bits per heavy atom. The summed E-state index contributed by atoms with van der Waals surface area (Å²) in [7, 11) is 3.39. The van der Waals surface area contributed by atoms with Crippen LogP contribution in [0.4, 0.5) is 11.8 Å². The fraction of sp³-hybridized carbons (Fsp3) is 0.565. The minimum atomic E-state index is 0.524. The summed E-state index contributed by atoms with van der Waals surface area (Å²) in [6.45, 7) is 1.78. The third-order valence-electron chi connectivity index (χ3n) is 6.46. The van der Waals surface area contributed by atoms with Gasteiger partial charge in [0.05, 0.1) is 19.9 Å². The predicted octanol–water partition coefficient (Wildman–Crippen LogP) is 4.29. The fourth-order valence-corrected chi connectivity index (χ4v) is 4.60. The summed E-state index contributed by atoms with van der Waals surface area (Å²) in [5, 5.41) is 3.61. The average molecular weight is 395 g/mol. The second-order valence-electron chi connectivity index (χ2n) is 8.52. The van der Waals surface area contributed by atoms with Crippen molar-refractivity contribution in [1.29, 1.82) is 0 Å². The lowest BCUT2D eigenvalue weighted by atomic mass is 9.98. The van der Waals surface area contributed by atoms with Gasteiger partial charge in [-0.1, -0.05) is 12.8 Å². The Kier molecular flexibility index (Phi) is 4.94. The molecule has 1 aromatic carbocycles. The molecule has 3 aliphatic rings. The molecule has 2 heterocycles. The number of anilines is 2. The predicted molar refractivity (Wildman–Crippen MR) is 114 cm³/mol. The van der Waals surface area contributed by atoms with Crippen molar-refractivity contribution in [1.82, 2.24) is 9.97 Å². The molecule has 5 rings (SSSR count). The van der Waals surface area contributed by atoms with Crippen LogP contribution in [0.5, 0.6) is 11.5 Å². The maximum absolute atomic E-state index is 5.52. The Bertz CT molecular complexity index is 891. The van der Waals surface area contributed by atoms with Crippen LogP contribution in [0.1, 0.15) is 61.3 Å². The highest BCUT2D eigenvalue weighted by molar-refractivity contribution is 5.53. The molecule has 2 aliphatic carbocycles. The van der Waals surface area contributed by atoms with Crippen LogP contribution in [0.2, 0.25) is 0 Å². The molecule has 154 valence electrons. The van der Waals surface area contributed by atoms with Gasteiger partial charge in [0.25, 0.3) is 0 Å². The van der Waals surface area contributed by atoms with Gasteiger partial charge in [-0.15, -0.1) is 0 Å². The second kappa shape index (κ2) is 7.73. The molecule has 1 aliphatic heterocycles. The number of hydrogen-bond acceptors (Lipinski definition) is 6. The molecule has 6 nitrogen and oxygen atoms in total. The zero-order valence-electron chi connectivity index (χ0n) is 17.4. The van der Waals surface area contributed by atoms with Gasteiger partial charge in [-0.25, -0.2) is 4.98 Å². The van der Waals surface area contributed by atoms with E-state index >= 15 is 0 Å². The quantitative estimate of drug-likeness (QED) is 0.789. The van der Waals surface area contributed by atoms with E-state index in [-0.39, 0.29) is 0 Å². The number of ether oxygens (including phenoxy) is 2. The van der Waals surface area contributed by atoms with Gasteiger partial charge in [-0.2, -0.15) is 4.98 Å². The monoisotopic (exact) mass is 394 g/mol. The maximum Gasteiger partial charge on any atom is 0.225 e. The number of nitrogens with zero attached hydrogens (tertiary/aromatic N) is 3. The molecule has 0 spiro atoms. The van der Waals surface area contributed by atoms with Crippen molar-refractivity contribution < 1.29 is 9.47 Å². The van der Waals surface area contributed by atoms with Crippen molar-refractivity contribution in [2.24, 2.45) is 0 Å². The molecule has 0 saturated heterocycles. The minimum absolute atomic E-state index is 0.524. The van der Waals surface area contributed by atoms with Gasteiger partial charge in [0.2, 0.25) is 5.95 Å². The van der Waals surface area contributed by atoms with Gasteiger partial charge in [-0.3, -0.25) is 0 Å². The Hall–Kier alpha value is -2.50. The summed E-state index contributed by atoms with van der Waals surface area (Å²) >= 11 is 0. The molecule has 2 aromatic rings. The van der Waals surface area contributed by atoms with Crippen molar-refractivity contribution in [3.05, 3.63) is 35.0 Å². The first-order chi connectivity index (χ1) is 14.2. The highest BCUT2D eigenvalue weighted by Crippen LogP contribution is 2.41. The van der Waals surface area contributed by atoms with Crippen LogP contribution in [0, 0.1) is 0 Å². The molecular formula is C23H30N4O2. The van der Waals surface area contributed by atoms with Gasteiger partial charge in [0.15, 0.2) is 11.5 Å². The molecule has 29 heavy (non-hydrogen) atoms. The van der Waals surface area contributed by atoms with E-state index in [1.807, 2.05) is 0 Å². The molecule has 0 atom stereocenters. The van der Waals surface area contributed by atoms with Crippen molar-refractivity contribution in [3.8, 4) is 11.5 Å². The molecule has 0 amide bonds. The number of benzene rings is 1. The van der Waals surface area contributed by atoms with E-state index in [2.05, 4.69) is 28.4 Å².